The highest BCUT2D eigenvalue weighted by Gasteiger charge is 2.54. The highest BCUT2D eigenvalue weighted by atomic mass is 16.2. The second-order valence-electron chi connectivity index (χ2n) is 10.2. The maximum absolute atomic E-state index is 13.7. The summed E-state index contributed by atoms with van der Waals surface area (Å²) in [5.41, 5.74) is 0.465. The van der Waals surface area contributed by atoms with Crippen molar-refractivity contribution in [2.45, 2.75) is 82.7 Å². The molecule has 5 rings (SSSR count). The van der Waals surface area contributed by atoms with Crippen molar-refractivity contribution in [1.29, 1.82) is 0 Å². The van der Waals surface area contributed by atoms with Crippen LogP contribution in [0.1, 0.15) is 82.0 Å². The fraction of sp³-hybridized carbons (Fsp3) is 0.630. The van der Waals surface area contributed by atoms with Gasteiger partial charge in [0.25, 0.3) is 5.91 Å². The lowest BCUT2D eigenvalue weighted by Gasteiger charge is -2.60. The highest BCUT2D eigenvalue weighted by Crippen LogP contribution is 2.57. The summed E-state index contributed by atoms with van der Waals surface area (Å²) >= 11 is 0. The molecule has 1 aromatic rings. The standard InChI is InChI=1S/C27H36N2O2/c1-3-26(4-2,28-20-30)12-8-9-13-29(25(31)24-10-6-5-7-11-24)27-17-21-14-22(18-27)16-23(15-21)19-27/h5-7,10-11,20-23H,3-4,12-19H2,1-2H3,(H,28,30). The van der Waals surface area contributed by atoms with Crippen molar-refractivity contribution in [2.75, 3.05) is 6.54 Å². The van der Waals surface area contributed by atoms with Crippen LogP contribution in [-0.2, 0) is 4.79 Å². The van der Waals surface area contributed by atoms with Gasteiger partial charge in [0.05, 0.1) is 12.1 Å². The average Bonchev–Trinajstić information content (AvgIpc) is 2.77. The van der Waals surface area contributed by atoms with Crippen molar-refractivity contribution in [2.24, 2.45) is 17.8 Å². The summed E-state index contributed by atoms with van der Waals surface area (Å²) in [6.07, 6.45) is 10.6. The maximum Gasteiger partial charge on any atom is 0.255 e. The summed E-state index contributed by atoms with van der Waals surface area (Å²) in [6, 6.07) is 9.70. The maximum atomic E-state index is 13.7. The zero-order valence-corrected chi connectivity index (χ0v) is 19.0. The Balaban J connectivity index is 1.57. The van der Waals surface area contributed by atoms with Crippen LogP contribution in [0.2, 0.25) is 0 Å². The molecular weight excluding hydrogens is 384 g/mol. The lowest BCUT2D eigenvalue weighted by atomic mass is 9.52. The fourth-order valence-electron chi connectivity index (χ4n) is 6.83. The summed E-state index contributed by atoms with van der Waals surface area (Å²) < 4.78 is 0. The molecule has 4 heteroatoms. The van der Waals surface area contributed by atoms with E-state index in [4.69, 9.17) is 0 Å². The van der Waals surface area contributed by atoms with Crippen LogP contribution in [0.5, 0.6) is 0 Å². The molecule has 0 saturated heterocycles. The Morgan fingerprint density at radius 3 is 2.16 bits per heavy atom. The molecule has 31 heavy (non-hydrogen) atoms. The van der Waals surface area contributed by atoms with Crippen molar-refractivity contribution in [1.82, 2.24) is 10.2 Å². The normalized spacial score (nSPS) is 28.5. The molecule has 0 radical (unpaired) electrons. The van der Waals surface area contributed by atoms with E-state index in [-0.39, 0.29) is 17.0 Å². The van der Waals surface area contributed by atoms with Crippen molar-refractivity contribution < 1.29 is 9.59 Å². The van der Waals surface area contributed by atoms with E-state index in [9.17, 15) is 9.59 Å². The molecule has 1 aromatic carbocycles. The molecule has 4 aliphatic rings. The zero-order chi connectivity index (χ0) is 21.9. The first-order valence-corrected chi connectivity index (χ1v) is 12.1. The largest absolute Gasteiger partial charge is 0.352 e. The Labute approximate surface area is 187 Å². The van der Waals surface area contributed by atoms with E-state index in [1.165, 1.54) is 19.3 Å². The Kier molecular flexibility index (Phi) is 6.42. The second kappa shape index (κ2) is 9.07. The van der Waals surface area contributed by atoms with Crippen LogP contribution in [0.3, 0.4) is 0 Å². The highest BCUT2D eigenvalue weighted by molar-refractivity contribution is 5.95. The number of nitrogens with zero attached hydrogens (tertiary/aromatic N) is 1. The second-order valence-corrected chi connectivity index (χ2v) is 10.2. The number of benzene rings is 1. The number of rotatable bonds is 8. The van der Waals surface area contributed by atoms with Crippen LogP contribution < -0.4 is 5.32 Å². The molecule has 4 fully saturated rings. The van der Waals surface area contributed by atoms with Crippen LogP contribution >= 0.6 is 0 Å². The van der Waals surface area contributed by atoms with E-state index in [1.807, 2.05) is 30.3 Å². The van der Waals surface area contributed by atoms with Gasteiger partial charge in [0.15, 0.2) is 0 Å². The molecule has 4 saturated carbocycles. The minimum absolute atomic E-state index is 0.0238. The molecule has 1 N–H and O–H groups in total. The number of amides is 2. The Hall–Kier alpha value is -2.28. The monoisotopic (exact) mass is 420 g/mol. The SMILES string of the molecule is CCC(CC)(CC#CCN(C(=O)c1ccccc1)C12CC3CC(CC(C3)C1)C2)NC=O. The van der Waals surface area contributed by atoms with Gasteiger partial charge in [-0.2, -0.15) is 0 Å². The van der Waals surface area contributed by atoms with Crippen LogP contribution in [0.25, 0.3) is 0 Å². The molecule has 2 amide bonds. The Morgan fingerprint density at radius 2 is 1.65 bits per heavy atom. The summed E-state index contributed by atoms with van der Waals surface area (Å²) in [5, 5.41) is 2.98. The number of carbonyl (C=O) groups is 2. The average molecular weight is 421 g/mol. The van der Waals surface area contributed by atoms with Crippen LogP contribution in [-0.4, -0.2) is 34.8 Å². The van der Waals surface area contributed by atoms with Crippen molar-refractivity contribution in [3.63, 3.8) is 0 Å². The summed E-state index contributed by atoms with van der Waals surface area (Å²) in [7, 11) is 0. The van der Waals surface area contributed by atoms with E-state index < -0.39 is 0 Å². The van der Waals surface area contributed by atoms with E-state index in [0.29, 0.717) is 13.0 Å². The topological polar surface area (TPSA) is 49.4 Å². The third-order valence-electron chi connectivity index (χ3n) is 8.35. The molecule has 4 nitrogen and oxygen atoms in total. The smallest absolute Gasteiger partial charge is 0.255 e. The van der Waals surface area contributed by atoms with Crippen molar-refractivity contribution in [3.8, 4) is 11.8 Å². The molecule has 0 unspecified atom stereocenters. The number of carbonyl (C=O) groups excluding carboxylic acids is 2. The van der Waals surface area contributed by atoms with Gasteiger partial charge in [0.1, 0.15) is 0 Å². The molecule has 0 heterocycles. The first-order chi connectivity index (χ1) is 15.0. The van der Waals surface area contributed by atoms with Gasteiger partial charge < -0.3 is 10.2 Å². The van der Waals surface area contributed by atoms with E-state index in [2.05, 4.69) is 35.9 Å². The van der Waals surface area contributed by atoms with Crippen molar-refractivity contribution >= 4 is 12.3 Å². The van der Waals surface area contributed by atoms with Gasteiger partial charge in [0, 0.05) is 17.5 Å². The lowest BCUT2D eigenvalue weighted by molar-refractivity contribution is -0.111. The Bertz CT molecular complexity index is 812. The van der Waals surface area contributed by atoms with E-state index >= 15 is 0 Å². The summed E-state index contributed by atoms with van der Waals surface area (Å²) in [4.78, 5) is 26.9. The quantitative estimate of drug-likeness (QED) is 0.485. The van der Waals surface area contributed by atoms with Gasteiger partial charge in [-0.05, 0) is 81.3 Å². The molecule has 0 spiro atoms. The lowest BCUT2D eigenvalue weighted by Crippen LogP contribution is -2.61. The molecule has 166 valence electrons. The third kappa shape index (κ3) is 4.38. The van der Waals surface area contributed by atoms with Gasteiger partial charge in [-0.1, -0.05) is 43.9 Å². The van der Waals surface area contributed by atoms with Gasteiger partial charge in [-0.15, -0.1) is 0 Å². The minimum Gasteiger partial charge on any atom is -0.352 e. The first kappa shape index (κ1) is 21.9. The zero-order valence-electron chi connectivity index (χ0n) is 19.0. The molecule has 0 aliphatic heterocycles. The van der Waals surface area contributed by atoms with Gasteiger partial charge >= 0.3 is 0 Å². The minimum atomic E-state index is -0.274. The van der Waals surface area contributed by atoms with Gasteiger partial charge in [-0.25, -0.2) is 0 Å². The number of hydrogen-bond acceptors (Lipinski definition) is 2. The molecule has 0 atom stereocenters. The summed E-state index contributed by atoms with van der Waals surface area (Å²) in [5.74, 6) is 9.10. The first-order valence-electron chi connectivity index (χ1n) is 12.1. The predicted molar refractivity (Wildman–Crippen MR) is 123 cm³/mol. The molecule has 4 bridgehead atoms. The van der Waals surface area contributed by atoms with Crippen LogP contribution in [0.4, 0.5) is 0 Å². The van der Waals surface area contributed by atoms with Gasteiger partial charge in [-0.3, -0.25) is 9.59 Å². The number of hydrogen-bond donors (Lipinski definition) is 1. The molecular formula is C27H36N2O2. The van der Waals surface area contributed by atoms with Crippen molar-refractivity contribution in [3.05, 3.63) is 35.9 Å². The van der Waals surface area contributed by atoms with Crippen LogP contribution in [0.15, 0.2) is 30.3 Å². The van der Waals surface area contributed by atoms with E-state index in [0.717, 1.165) is 61.8 Å². The van der Waals surface area contributed by atoms with Gasteiger partial charge in [0.2, 0.25) is 6.41 Å². The fourth-order valence-corrected chi connectivity index (χ4v) is 6.83. The van der Waals surface area contributed by atoms with E-state index in [1.54, 1.807) is 0 Å². The summed E-state index contributed by atoms with van der Waals surface area (Å²) in [6.45, 7) is 4.65. The predicted octanol–water partition coefficient (Wildman–Crippen LogP) is 4.80. The number of nitrogens with one attached hydrogen (secondary N) is 1. The Morgan fingerprint density at radius 1 is 1.06 bits per heavy atom. The molecule has 4 aliphatic carbocycles. The van der Waals surface area contributed by atoms with Crippen LogP contribution in [0, 0.1) is 29.6 Å². The molecule has 0 aromatic heterocycles. The third-order valence-corrected chi connectivity index (χ3v) is 8.35.